The Morgan fingerprint density at radius 3 is 2.00 bits per heavy atom. The number of unbranched alkanes of at least 4 members (excludes halogenated alkanes) is 5. The van der Waals surface area contributed by atoms with Crippen LogP contribution in [0.1, 0.15) is 80.7 Å². The maximum absolute atomic E-state index is 12.7. The molecule has 0 aromatic heterocycles. The van der Waals surface area contributed by atoms with Crippen LogP contribution in [0.2, 0.25) is 0 Å². The van der Waals surface area contributed by atoms with E-state index in [-0.39, 0.29) is 17.1 Å². The minimum absolute atomic E-state index is 0.195. The van der Waals surface area contributed by atoms with E-state index in [1.165, 1.54) is 6.07 Å². The van der Waals surface area contributed by atoms with Gasteiger partial charge in [0.1, 0.15) is 0 Å². The monoisotopic (exact) mass is 379 g/mol. The molecule has 0 atom stereocenters. The number of ether oxygens (including phenoxy) is 1. The molecular weight excluding hydrogens is 354 g/mol. The van der Waals surface area contributed by atoms with E-state index in [4.69, 9.17) is 10.5 Å². The van der Waals surface area contributed by atoms with Gasteiger partial charge >= 0.3 is 5.97 Å². The van der Waals surface area contributed by atoms with Crippen molar-refractivity contribution < 1.29 is 19.1 Å². The van der Waals surface area contributed by atoms with Gasteiger partial charge < -0.3 is 10.5 Å². The molecule has 0 aliphatic heterocycles. The Hall–Kier alpha value is -2.79. The van der Waals surface area contributed by atoms with Crippen molar-refractivity contribution in [2.45, 2.75) is 38.5 Å². The predicted octanol–water partition coefficient (Wildman–Crippen LogP) is 3.92. The summed E-state index contributed by atoms with van der Waals surface area (Å²) < 4.78 is 5.32. The van der Waals surface area contributed by atoms with Gasteiger partial charge in [-0.25, -0.2) is 4.79 Å². The minimum atomic E-state index is -0.468. The number of carbonyl (C=O) groups excluding carboxylic acids is 3. The molecule has 0 saturated heterocycles. The van der Waals surface area contributed by atoms with Gasteiger partial charge in [-0.3, -0.25) is 9.59 Å². The van der Waals surface area contributed by atoms with Crippen molar-refractivity contribution >= 4 is 17.5 Å². The zero-order chi connectivity index (χ0) is 19.9. The summed E-state index contributed by atoms with van der Waals surface area (Å²) in [4.78, 5) is 37.6. The third-order valence-electron chi connectivity index (χ3n) is 4.99. The zero-order valence-corrected chi connectivity index (χ0v) is 15.9. The summed E-state index contributed by atoms with van der Waals surface area (Å²) in [6.07, 6.45) is 6.26. The second kappa shape index (κ2) is 9.42. The highest BCUT2D eigenvalue weighted by Gasteiger charge is 2.30. The molecule has 0 bridgehead atoms. The molecule has 0 amide bonds. The van der Waals surface area contributed by atoms with Crippen LogP contribution in [0.5, 0.6) is 0 Å². The summed E-state index contributed by atoms with van der Waals surface area (Å²) in [5.74, 6) is -0.901. The summed E-state index contributed by atoms with van der Waals surface area (Å²) >= 11 is 0. The third-order valence-corrected chi connectivity index (χ3v) is 4.99. The fourth-order valence-corrected chi connectivity index (χ4v) is 3.43. The number of hydrogen-bond acceptors (Lipinski definition) is 5. The molecule has 2 aromatic rings. The second-order valence-electron chi connectivity index (χ2n) is 7.01. The number of esters is 1. The molecule has 0 heterocycles. The largest absolute Gasteiger partial charge is 0.462 e. The van der Waals surface area contributed by atoms with Crippen molar-refractivity contribution in [3.63, 3.8) is 0 Å². The van der Waals surface area contributed by atoms with E-state index in [0.29, 0.717) is 28.9 Å². The quantitative estimate of drug-likeness (QED) is 0.450. The molecule has 3 rings (SSSR count). The Labute approximate surface area is 164 Å². The molecule has 2 aromatic carbocycles. The topological polar surface area (TPSA) is 86.5 Å². The van der Waals surface area contributed by atoms with Gasteiger partial charge in [0.2, 0.25) is 0 Å². The van der Waals surface area contributed by atoms with E-state index in [1.54, 1.807) is 36.4 Å². The SMILES string of the molecule is NCCCCCCCCOC(=O)c1ccc2c(c1)C(=O)c1ccccc1C2=O. The Balaban J connectivity index is 1.59. The lowest BCUT2D eigenvalue weighted by Gasteiger charge is -2.17. The van der Waals surface area contributed by atoms with Crippen LogP contribution < -0.4 is 5.73 Å². The van der Waals surface area contributed by atoms with Gasteiger partial charge in [-0.15, -0.1) is 0 Å². The fourth-order valence-electron chi connectivity index (χ4n) is 3.43. The molecule has 0 unspecified atom stereocenters. The van der Waals surface area contributed by atoms with Crippen molar-refractivity contribution in [3.8, 4) is 0 Å². The lowest BCUT2D eigenvalue weighted by Crippen LogP contribution is -2.21. The number of benzene rings is 2. The Morgan fingerprint density at radius 1 is 0.750 bits per heavy atom. The van der Waals surface area contributed by atoms with Crippen LogP contribution in [-0.2, 0) is 4.74 Å². The smallest absolute Gasteiger partial charge is 0.338 e. The maximum Gasteiger partial charge on any atom is 0.338 e. The molecule has 0 spiro atoms. The van der Waals surface area contributed by atoms with Gasteiger partial charge in [-0.1, -0.05) is 49.9 Å². The lowest BCUT2D eigenvalue weighted by atomic mass is 9.83. The van der Waals surface area contributed by atoms with Crippen LogP contribution in [0, 0.1) is 0 Å². The van der Waals surface area contributed by atoms with Gasteiger partial charge in [-0.2, -0.15) is 0 Å². The summed E-state index contributed by atoms with van der Waals surface area (Å²) in [7, 11) is 0. The highest BCUT2D eigenvalue weighted by Crippen LogP contribution is 2.28. The number of ketones is 2. The summed E-state index contributed by atoms with van der Waals surface area (Å²) in [6, 6.07) is 11.3. The number of carbonyl (C=O) groups is 3. The number of rotatable bonds is 9. The molecule has 1 aliphatic rings. The van der Waals surface area contributed by atoms with Crippen LogP contribution in [-0.4, -0.2) is 30.7 Å². The summed E-state index contributed by atoms with van der Waals surface area (Å²) in [5.41, 5.74) is 7.13. The predicted molar refractivity (Wildman–Crippen MR) is 107 cm³/mol. The molecule has 0 saturated carbocycles. The van der Waals surface area contributed by atoms with E-state index in [9.17, 15) is 14.4 Å². The van der Waals surface area contributed by atoms with Crippen LogP contribution in [0.4, 0.5) is 0 Å². The van der Waals surface area contributed by atoms with E-state index in [0.717, 1.165) is 45.1 Å². The second-order valence-corrected chi connectivity index (χ2v) is 7.01. The molecule has 146 valence electrons. The first-order valence-electron chi connectivity index (χ1n) is 9.83. The first-order chi connectivity index (χ1) is 13.6. The van der Waals surface area contributed by atoms with Crippen molar-refractivity contribution in [1.82, 2.24) is 0 Å². The van der Waals surface area contributed by atoms with Gasteiger partial charge in [0, 0.05) is 22.3 Å². The molecule has 0 fully saturated rings. The Bertz CT molecular complexity index is 888. The van der Waals surface area contributed by atoms with Gasteiger partial charge in [0.25, 0.3) is 0 Å². The van der Waals surface area contributed by atoms with Gasteiger partial charge in [-0.05, 0) is 37.6 Å². The van der Waals surface area contributed by atoms with E-state index < -0.39 is 5.97 Å². The number of hydrogen-bond donors (Lipinski definition) is 1. The maximum atomic E-state index is 12.7. The van der Waals surface area contributed by atoms with E-state index in [2.05, 4.69) is 0 Å². The van der Waals surface area contributed by atoms with Gasteiger partial charge in [0.05, 0.1) is 12.2 Å². The average molecular weight is 379 g/mol. The molecule has 1 aliphatic carbocycles. The Morgan fingerprint density at radius 2 is 1.32 bits per heavy atom. The number of nitrogens with two attached hydrogens (primary N) is 1. The van der Waals surface area contributed by atoms with Crippen molar-refractivity contribution in [1.29, 1.82) is 0 Å². The van der Waals surface area contributed by atoms with Crippen LogP contribution in [0.3, 0.4) is 0 Å². The first kappa shape index (κ1) is 20.0. The van der Waals surface area contributed by atoms with Crippen LogP contribution in [0.15, 0.2) is 42.5 Å². The molecule has 28 heavy (non-hydrogen) atoms. The average Bonchev–Trinajstić information content (AvgIpc) is 2.73. The van der Waals surface area contributed by atoms with Crippen molar-refractivity contribution in [2.75, 3.05) is 13.2 Å². The number of fused-ring (bicyclic) bond motifs is 2. The van der Waals surface area contributed by atoms with Crippen LogP contribution >= 0.6 is 0 Å². The summed E-state index contributed by atoms with van der Waals surface area (Å²) in [5, 5.41) is 0. The molecular formula is C23H25NO4. The Kier molecular flexibility index (Phi) is 6.71. The highest BCUT2D eigenvalue weighted by molar-refractivity contribution is 6.28. The molecule has 2 N–H and O–H groups in total. The van der Waals surface area contributed by atoms with Crippen molar-refractivity contribution in [3.05, 3.63) is 70.3 Å². The van der Waals surface area contributed by atoms with E-state index >= 15 is 0 Å². The summed E-state index contributed by atoms with van der Waals surface area (Å²) in [6.45, 7) is 1.08. The molecule has 0 radical (unpaired) electrons. The highest BCUT2D eigenvalue weighted by atomic mass is 16.5. The van der Waals surface area contributed by atoms with E-state index in [1.807, 2.05) is 0 Å². The van der Waals surface area contributed by atoms with Gasteiger partial charge in [0.15, 0.2) is 11.6 Å². The molecule has 5 heteroatoms. The minimum Gasteiger partial charge on any atom is -0.462 e. The first-order valence-corrected chi connectivity index (χ1v) is 9.83. The molecule has 5 nitrogen and oxygen atoms in total. The zero-order valence-electron chi connectivity index (χ0n) is 15.9. The standard InChI is InChI=1S/C23H25NO4/c24-13-7-3-1-2-4-8-14-28-23(27)16-11-12-19-20(15-16)22(26)18-10-6-5-9-17(18)21(19)25/h5-6,9-12,15H,1-4,7-8,13-14,24H2. The third kappa shape index (κ3) is 4.37. The fraction of sp³-hybridized carbons (Fsp3) is 0.348. The normalized spacial score (nSPS) is 12.5. The van der Waals surface area contributed by atoms with Crippen molar-refractivity contribution in [2.24, 2.45) is 5.73 Å². The lowest BCUT2D eigenvalue weighted by molar-refractivity contribution is 0.0497. The van der Waals surface area contributed by atoms with Crippen LogP contribution in [0.25, 0.3) is 0 Å².